The number of hydrogen-bond acceptors (Lipinski definition) is 3. The molecule has 228 valence electrons. The topological polar surface area (TPSA) is 6.48 Å². The van der Waals surface area contributed by atoms with Gasteiger partial charge in [0, 0.05) is 33.5 Å². The minimum Gasteiger partial charge on any atom is -0.309 e. The van der Waals surface area contributed by atoms with Crippen molar-refractivity contribution in [1.29, 1.82) is 0 Å². The predicted molar refractivity (Wildman–Crippen MR) is 208 cm³/mol. The van der Waals surface area contributed by atoms with Crippen molar-refractivity contribution in [2.24, 2.45) is 0 Å². The van der Waals surface area contributed by atoms with E-state index >= 15 is 0 Å². The summed E-state index contributed by atoms with van der Waals surface area (Å²) in [5.41, 5.74) is 8.15. The van der Waals surface area contributed by atoms with E-state index in [9.17, 15) is 0 Å². The lowest BCUT2D eigenvalue weighted by atomic mass is 9.97. The van der Waals surface area contributed by atoms with E-state index in [0.717, 1.165) is 22.7 Å². The Bertz CT molecular complexity index is 2530. The number of rotatable bonds is 6. The summed E-state index contributed by atoms with van der Waals surface area (Å²) in [6.45, 7) is 2.17. The molecular formula is C45H32N2S. The fourth-order valence-electron chi connectivity index (χ4n) is 7.12. The maximum absolute atomic E-state index is 2.44. The van der Waals surface area contributed by atoms with Crippen LogP contribution in [0.4, 0.5) is 34.1 Å². The van der Waals surface area contributed by atoms with Crippen LogP contribution in [-0.4, -0.2) is 0 Å². The molecule has 3 heteroatoms. The summed E-state index contributed by atoms with van der Waals surface area (Å²) in [5, 5.41) is 7.60. The molecule has 0 saturated heterocycles. The molecule has 0 atom stereocenters. The summed E-state index contributed by atoms with van der Waals surface area (Å²) < 4.78 is 2.54. The van der Waals surface area contributed by atoms with Gasteiger partial charge in [0.2, 0.25) is 0 Å². The van der Waals surface area contributed by atoms with E-state index in [0.29, 0.717) is 0 Å². The third-order valence-corrected chi connectivity index (χ3v) is 10.4. The van der Waals surface area contributed by atoms with Gasteiger partial charge in [-0.3, -0.25) is 0 Å². The average molecular weight is 633 g/mol. The average Bonchev–Trinajstić information content (AvgIpc) is 3.55. The summed E-state index contributed by atoms with van der Waals surface area (Å²) in [6, 6.07) is 63.6. The predicted octanol–water partition coefficient (Wildman–Crippen LogP) is 13.6. The molecule has 0 N–H and O–H groups in total. The Morgan fingerprint density at radius 2 is 0.771 bits per heavy atom. The van der Waals surface area contributed by atoms with Gasteiger partial charge in [0.05, 0.1) is 20.8 Å². The number of fused-ring (bicyclic) bond motifs is 7. The van der Waals surface area contributed by atoms with Crippen molar-refractivity contribution >= 4 is 87.2 Å². The summed E-state index contributed by atoms with van der Waals surface area (Å²) in [7, 11) is 0. The van der Waals surface area contributed by atoms with Crippen molar-refractivity contribution in [3.8, 4) is 0 Å². The normalized spacial score (nSPS) is 11.4. The van der Waals surface area contributed by atoms with Crippen LogP contribution in [0.5, 0.6) is 0 Å². The Morgan fingerprint density at radius 3 is 1.23 bits per heavy atom. The molecule has 48 heavy (non-hydrogen) atoms. The van der Waals surface area contributed by atoms with Crippen molar-refractivity contribution in [3.63, 3.8) is 0 Å². The van der Waals surface area contributed by atoms with Gasteiger partial charge in [0.25, 0.3) is 0 Å². The van der Waals surface area contributed by atoms with Gasteiger partial charge in [-0.25, -0.2) is 0 Å². The highest BCUT2D eigenvalue weighted by atomic mass is 32.1. The highest BCUT2D eigenvalue weighted by molar-refractivity contribution is 7.27. The van der Waals surface area contributed by atoms with Gasteiger partial charge < -0.3 is 9.80 Å². The molecule has 9 rings (SSSR count). The second-order valence-corrected chi connectivity index (χ2v) is 13.3. The van der Waals surface area contributed by atoms with E-state index in [1.54, 1.807) is 0 Å². The lowest BCUT2D eigenvalue weighted by Gasteiger charge is -2.27. The van der Waals surface area contributed by atoms with Crippen LogP contribution in [0, 0.1) is 6.92 Å². The Balaban J connectivity index is 1.46. The van der Waals surface area contributed by atoms with Crippen molar-refractivity contribution in [2.45, 2.75) is 6.92 Å². The molecule has 8 aromatic carbocycles. The second kappa shape index (κ2) is 11.7. The molecule has 1 heterocycles. The molecule has 0 spiro atoms. The van der Waals surface area contributed by atoms with Gasteiger partial charge >= 0.3 is 0 Å². The van der Waals surface area contributed by atoms with Crippen LogP contribution >= 0.6 is 11.3 Å². The van der Waals surface area contributed by atoms with Crippen LogP contribution in [-0.2, 0) is 0 Å². The van der Waals surface area contributed by atoms with E-state index in [2.05, 4.69) is 193 Å². The van der Waals surface area contributed by atoms with E-state index in [1.165, 1.54) is 58.7 Å². The lowest BCUT2D eigenvalue weighted by molar-refractivity contribution is 1.29. The van der Waals surface area contributed by atoms with Crippen LogP contribution in [0.3, 0.4) is 0 Å². The first-order valence-electron chi connectivity index (χ1n) is 16.4. The Kier molecular flexibility index (Phi) is 6.92. The zero-order valence-corrected chi connectivity index (χ0v) is 27.4. The standard InChI is InChI=1S/C45H32N2S/c1-31-16-15-25-37(28-31)47(36-23-9-4-10-24-36)41-30-33-18-12-14-27-39(33)43-42-38-26-13-11-17-32(38)29-40(44(42)48-45(41)43)46(34-19-5-2-6-20-34)35-21-7-3-8-22-35/h2-30H,1H3. The fourth-order valence-corrected chi connectivity index (χ4v) is 8.46. The highest BCUT2D eigenvalue weighted by Gasteiger charge is 2.25. The first kappa shape index (κ1) is 28.3. The van der Waals surface area contributed by atoms with Crippen LogP contribution < -0.4 is 9.80 Å². The number of para-hydroxylation sites is 3. The Labute approximate surface area is 284 Å². The molecule has 0 radical (unpaired) electrons. The molecule has 0 bridgehead atoms. The lowest BCUT2D eigenvalue weighted by Crippen LogP contribution is -2.10. The van der Waals surface area contributed by atoms with E-state index in [4.69, 9.17) is 0 Å². The maximum atomic E-state index is 2.44. The number of benzene rings is 8. The molecular weight excluding hydrogens is 601 g/mol. The summed E-state index contributed by atoms with van der Waals surface area (Å²) >= 11 is 1.90. The molecule has 9 aromatic rings. The largest absolute Gasteiger partial charge is 0.309 e. The zero-order chi connectivity index (χ0) is 32.0. The SMILES string of the molecule is Cc1cccc(N(c2ccccc2)c2cc3ccccc3c3c2sc2c(N(c4ccccc4)c4ccccc4)cc4ccccc4c23)c1. The molecule has 2 nitrogen and oxygen atoms in total. The number of nitrogens with zero attached hydrogens (tertiary/aromatic N) is 2. The highest BCUT2D eigenvalue weighted by Crippen LogP contribution is 2.53. The first-order valence-corrected chi connectivity index (χ1v) is 17.2. The van der Waals surface area contributed by atoms with Crippen molar-refractivity contribution in [2.75, 3.05) is 9.80 Å². The Hall–Kier alpha value is -5.90. The number of aryl methyl sites for hydroxylation is 1. The second-order valence-electron chi connectivity index (χ2n) is 12.3. The molecule has 0 aliphatic heterocycles. The minimum absolute atomic E-state index is 1.13. The van der Waals surface area contributed by atoms with Gasteiger partial charge in [-0.05, 0) is 94.7 Å². The molecule has 0 amide bonds. The molecule has 0 fully saturated rings. The van der Waals surface area contributed by atoms with E-state index in [-0.39, 0.29) is 0 Å². The maximum Gasteiger partial charge on any atom is 0.0646 e. The van der Waals surface area contributed by atoms with Gasteiger partial charge in [-0.1, -0.05) is 115 Å². The summed E-state index contributed by atoms with van der Waals surface area (Å²) in [6.07, 6.45) is 0. The monoisotopic (exact) mass is 632 g/mol. The smallest absolute Gasteiger partial charge is 0.0646 e. The number of thiophene rings is 1. The molecule has 0 unspecified atom stereocenters. The van der Waals surface area contributed by atoms with E-state index < -0.39 is 0 Å². The van der Waals surface area contributed by atoms with Crippen molar-refractivity contribution in [3.05, 3.63) is 181 Å². The van der Waals surface area contributed by atoms with Crippen molar-refractivity contribution in [1.82, 2.24) is 0 Å². The zero-order valence-electron chi connectivity index (χ0n) is 26.5. The molecule has 1 aromatic heterocycles. The van der Waals surface area contributed by atoms with E-state index in [1.807, 2.05) is 11.3 Å². The number of hydrogen-bond donors (Lipinski definition) is 0. The van der Waals surface area contributed by atoms with Crippen molar-refractivity contribution < 1.29 is 0 Å². The first-order chi connectivity index (χ1) is 23.7. The minimum atomic E-state index is 1.13. The third-order valence-electron chi connectivity index (χ3n) is 9.20. The van der Waals surface area contributed by atoms with Crippen LogP contribution in [0.2, 0.25) is 0 Å². The summed E-state index contributed by atoms with van der Waals surface area (Å²) in [5.74, 6) is 0. The quantitative estimate of drug-likeness (QED) is 0.180. The summed E-state index contributed by atoms with van der Waals surface area (Å²) in [4.78, 5) is 4.85. The van der Waals surface area contributed by atoms with Crippen LogP contribution in [0.1, 0.15) is 5.56 Å². The van der Waals surface area contributed by atoms with Crippen LogP contribution in [0.25, 0.3) is 41.7 Å². The van der Waals surface area contributed by atoms with Gasteiger partial charge in [0.1, 0.15) is 0 Å². The molecule has 0 aliphatic carbocycles. The Morgan fingerprint density at radius 1 is 0.375 bits per heavy atom. The van der Waals surface area contributed by atoms with Gasteiger partial charge in [0.15, 0.2) is 0 Å². The van der Waals surface area contributed by atoms with Gasteiger partial charge in [-0.15, -0.1) is 11.3 Å². The third kappa shape index (κ3) is 4.71. The van der Waals surface area contributed by atoms with Gasteiger partial charge in [-0.2, -0.15) is 0 Å². The number of anilines is 6. The molecule has 0 saturated carbocycles. The molecule has 0 aliphatic rings. The van der Waals surface area contributed by atoms with Crippen LogP contribution in [0.15, 0.2) is 176 Å². The fraction of sp³-hybridized carbons (Fsp3) is 0.0222.